The molecule has 0 unspecified atom stereocenters. The summed E-state index contributed by atoms with van der Waals surface area (Å²) in [6.07, 6.45) is -2.67. The molecule has 1 aromatic carbocycles. The van der Waals surface area contributed by atoms with Crippen molar-refractivity contribution in [3.8, 4) is 11.5 Å². The van der Waals surface area contributed by atoms with Gasteiger partial charge in [0, 0.05) is 24.8 Å². The Hall–Kier alpha value is -1.93. The number of likely N-dealkylation sites (tertiary alicyclic amines) is 1. The Kier molecular flexibility index (Phi) is 3.88. The number of piperidine rings is 1. The number of benzene rings is 1. The van der Waals surface area contributed by atoms with Crippen LogP contribution >= 0.6 is 0 Å². The van der Waals surface area contributed by atoms with E-state index in [0.29, 0.717) is 31.6 Å². The van der Waals surface area contributed by atoms with Crippen LogP contribution in [0.2, 0.25) is 0 Å². The molecule has 120 valence electrons. The van der Waals surface area contributed by atoms with E-state index in [1.807, 2.05) is 4.90 Å². The van der Waals surface area contributed by atoms with Gasteiger partial charge in [-0.1, -0.05) is 0 Å². The first-order valence-corrected chi connectivity index (χ1v) is 7.01. The van der Waals surface area contributed by atoms with E-state index in [1.54, 1.807) is 0 Å². The summed E-state index contributed by atoms with van der Waals surface area (Å²) >= 11 is 0. The molecule has 0 saturated carbocycles. The van der Waals surface area contributed by atoms with Crippen molar-refractivity contribution in [3.63, 3.8) is 0 Å². The zero-order chi connectivity index (χ0) is 15.7. The molecule has 1 saturated heterocycles. The Morgan fingerprint density at radius 1 is 1.32 bits per heavy atom. The highest BCUT2D eigenvalue weighted by Gasteiger charge is 2.43. The average molecular weight is 314 g/mol. The fourth-order valence-electron chi connectivity index (χ4n) is 2.51. The SMILES string of the molecule is O=C(CN1CCC(O)CC1)Nc1ccc2c(c1)OC(F)(F)O2. The van der Waals surface area contributed by atoms with Crippen LogP contribution in [0.15, 0.2) is 18.2 Å². The number of rotatable bonds is 3. The summed E-state index contributed by atoms with van der Waals surface area (Å²) < 4.78 is 34.4. The predicted molar refractivity (Wildman–Crippen MR) is 73.0 cm³/mol. The van der Waals surface area contributed by atoms with E-state index in [-0.39, 0.29) is 30.1 Å². The Balaban J connectivity index is 1.56. The quantitative estimate of drug-likeness (QED) is 0.882. The molecule has 0 aliphatic carbocycles. The second kappa shape index (κ2) is 5.69. The molecule has 0 atom stereocenters. The Morgan fingerprint density at radius 3 is 2.73 bits per heavy atom. The number of halogens is 2. The van der Waals surface area contributed by atoms with Crippen molar-refractivity contribution in [3.05, 3.63) is 18.2 Å². The van der Waals surface area contributed by atoms with Crippen molar-refractivity contribution in [1.29, 1.82) is 0 Å². The number of hydrogen-bond acceptors (Lipinski definition) is 5. The van der Waals surface area contributed by atoms with Gasteiger partial charge in [-0.05, 0) is 25.0 Å². The second-order valence-corrected chi connectivity index (χ2v) is 5.38. The van der Waals surface area contributed by atoms with Crippen molar-refractivity contribution >= 4 is 11.6 Å². The second-order valence-electron chi connectivity index (χ2n) is 5.38. The summed E-state index contributed by atoms with van der Waals surface area (Å²) in [4.78, 5) is 13.9. The smallest absolute Gasteiger partial charge is 0.395 e. The summed E-state index contributed by atoms with van der Waals surface area (Å²) in [5.41, 5.74) is 0.363. The third-order valence-electron chi connectivity index (χ3n) is 3.61. The first kappa shape index (κ1) is 15.0. The van der Waals surface area contributed by atoms with E-state index < -0.39 is 6.29 Å². The Bertz CT molecular complexity index is 574. The van der Waals surface area contributed by atoms with E-state index in [1.165, 1.54) is 18.2 Å². The maximum atomic E-state index is 12.9. The van der Waals surface area contributed by atoms with Crippen LogP contribution in [-0.2, 0) is 4.79 Å². The van der Waals surface area contributed by atoms with Crippen molar-refractivity contribution in [1.82, 2.24) is 4.90 Å². The van der Waals surface area contributed by atoms with Gasteiger partial charge in [-0.15, -0.1) is 8.78 Å². The van der Waals surface area contributed by atoms with Gasteiger partial charge in [0.2, 0.25) is 5.91 Å². The molecule has 2 aliphatic rings. The molecule has 0 spiro atoms. The number of nitrogens with one attached hydrogen (secondary N) is 1. The van der Waals surface area contributed by atoms with E-state index in [9.17, 15) is 18.7 Å². The lowest BCUT2D eigenvalue weighted by atomic mass is 10.1. The summed E-state index contributed by atoms with van der Waals surface area (Å²) in [5.74, 6) is -0.418. The molecule has 2 heterocycles. The zero-order valence-electron chi connectivity index (χ0n) is 11.7. The van der Waals surface area contributed by atoms with Gasteiger partial charge in [0.15, 0.2) is 11.5 Å². The van der Waals surface area contributed by atoms with Crippen molar-refractivity contribution in [2.45, 2.75) is 25.2 Å². The van der Waals surface area contributed by atoms with Crippen LogP contribution < -0.4 is 14.8 Å². The molecule has 8 heteroatoms. The van der Waals surface area contributed by atoms with Crippen molar-refractivity contribution in [2.24, 2.45) is 0 Å². The van der Waals surface area contributed by atoms with Crippen molar-refractivity contribution in [2.75, 3.05) is 25.0 Å². The van der Waals surface area contributed by atoms with E-state index >= 15 is 0 Å². The predicted octanol–water partition coefficient (Wildman–Crippen LogP) is 1.40. The molecule has 3 rings (SSSR count). The highest BCUT2D eigenvalue weighted by Crippen LogP contribution is 2.42. The minimum Gasteiger partial charge on any atom is -0.395 e. The number of aliphatic hydroxyl groups is 1. The van der Waals surface area contributed by atoms with Gasteiger partial charge in [-0.2, -0.15) is 0 Å². The van der Waals surface area contributed by atoms with Crippen LogP contribution in [0.25, 0.3) is 0 Å². The van der Waals surface area contributed by atoms with Crippen LogP contribution in [0.1, 0.15) is 12.8 Å². The summed E-state index contributed by atoms with van der Waals surface area (Å²) in [7, 11) is 0. The van der Waals surface area contributed by atoms with E-state index in [2.05, 4.69) is 14.8 Å². The van der Waals surface area contributed by atoms with E-state index in [0.717, 1.165) is 0 Å². The average Bonchev–Trinajstić information content (AvgIpc) is 2.74. The van der Waals surface area contributed by atoms with Crippen LogP contribution in [0.3, 0.4) is 0 Å². The summed E-state index contributed by atoms with van der Waals surface area (Å²) in [6.45, 7) is 1.50. The minimum absolute atomic E-state index is 0.0620. The van der Waals surface area contributed by atoms with Gasteiger partial charge < -0.3 is 19.9 Å². The fourth-order valence-corrected chi connectivity index (χ4v) is 2.51. The maximum Gasteiger partial charge on any atom is 0.586 e. The lowest BCUT2D eigenvalue weighted by molar-refractivity contribution is -0.286. The maximum absolute atomic E-state index is 12.9. The molecule has 1 amide bonds. The minimum atomic E-state index is -3.67. The number of aliphatic hydroxyl groups excluding tert-OH is 1. The first-order chi connectivity index (χ1) is 10.4. The number of anilines is 1. The number of hydrogen-bond donors (Lipinski definition) is 2. The zero-order valence-corrected chi connectivity index (χ0v) is 11.7. The number of fused-ring (bicyclic) bond motifs is 1. The topological polar surface area (TPSA) is 71.0 Å². The molecule has 22 heavy (non-hydrogen) atoms. The van der Waals surface area contributed by atoms with Gasteiger partial charge >= 0.3 is 6.29 Å². The molecule has 2 N–H and O–H groups in total. The van der Waals surface area contributed by atoms with Gasteiger partial charge in [0.25, 0.3) is 0 Å². The Labute approximate surface area is 125 Å². The molecule has 1 aromatic rings. The lowest BCUT2D eigenvalue weighted by Crippen LogP contribution is -2.40. The van der Waals surface area contributed by atoms with E-state index in [4.69, 9.17) is 0 Å². The highest BCUT2D eigenvalue weighted by molar-refractivity contribution is 5.92. The number of nitrogens with zero attached hydrogens (tertiary/aromatic N) is 1. The molecule has 6 nitrogen and oxygen atoms in total. The fraction of sp³-hybridized carbons (Fsp3) is 0.500. The largest absolute Gasteiger partial charge is 0.586 e. The molecule has 0 aromatic heterocycles. The van der Waals surface area contributed by atoms with Gasteiger partial charge in [0.1, 0.15) is 0 Å². The number of carbonyl (C=O) groups is 1. The number of amides is 1. The van der Waals surface area contributed by atoms with Crippen LogP contribution in [0, 0.1) is 0 Å². The number of alkyl halides is 2. The molecule has 1 fully saturated rings. The number of carbonyl (C=O) groups excluding carboxylic acids is 1. The monoisotopic (exact) mass is 314 g/mol. The van der Waals surface area contributed by atoms with Gasteiger partial charge in [-0.3, -0.25) is 9.69 Å². The van der Waals surface area contributed by atoms with Crippen molar-refractivity contribution < 1.29 is 28.2 Å². The number of ether oxygens (including phenoxy) is 2. The third-order valence-corrected chi connectivity index (χ3v) is 3.61. The standard InChI is InChI=1S/C14H16F2N2O4/c15-14(16)21-11-2-1-9(7-12(11)22-14)17-13(20)8-18-5-3-10(19)4-6-18/h1-2,7,10,19H,3-6,8H2,(H,17,20). The highest BCUT2D eigenvalue weighted by atomic mass is 19.3. The molecule has 2 aliphatic heterocycles. The molecular formula is C14H16F2N2O4. The Morgan fingerprint density at radius 2 is 2.00 bits per heavy atom. The third kappa shape index (κ3) is 3.45. The lowest BCUT2D eigenvalue weighted by Gasteiger charge is -2.28. The summed E-state index contributed by atoms with van der Waals surface area (Å²) in [5, 5.41) is 12.0. The van der Waals surface area contributed by atoms with Crippen LogP contribution in [0.5, 0.6) is 11.5 Å². The summed E-state index contributed by atoms with van der Waals surface area (Å²) in [6, 6.07) is 4.10. The first-order valence-electron chi connectivity index (χ1n) is 7.01. The van der Waals surface area contributed by atoms with Crippen LogP contribution in [0.4, 0.5) is 14.5 Å². The van der Waals surface area contributed by atoms with Gasteiger partial charge in [-0.25, -0.2) is 0 Å². The van der Waals surface area contributed by atoms with Crippen LogP contribution in [-0.4, -0.2) is 47.9 Å². The molecule has 0 bridgehead atoms. The van der Waals surface area contributed by atoms with Gasteiger partial charge in [0.05, 0.1) is 12.6 Å². The molecular weight excluding hydrogens is 298 g/mol. The normalized spacial score (nSPS) is 20.9. The molecule has 0 radical (unpaired) electrons.